The Morgan fingerprint density at radius 2 is 1.79 bits per heavy atom. The molecule has 1 aromatic heterocycles. The van der Waals surface area contributed by atoms with E-state index in [1.54, 1.807) is 7.11 Å². The zero-order chi connectivity index (χ0) is 22.9. The minimum atomic E-state index is 0.112. The fourth-order valence-corrected chi connectivity index (χ4v) is 5.81. The van der Waals surface area contributed by atoms with E-state index in [0.29, 0.717) is 24.4 Å². The number of benzene rings is 1. The van der Waals surface area contributed by atoms with E-state index in [0.717, 1.165) is 48.1 Å². The van der Waals surface area contributed by atoms with Crippen LogP contribution in [0.15, 0.2) is 29.4 Å². The fourth-order valence-electron chi connectivity index (χ4n) is 4.97. The van der Waals surface area contributed by atoms with Gasteiger partial charge in [0.2, 0.25) is 5.91 Å². The maximum Gasteiger partial charge on any atom is 0.230 e. The van der Waals surface area contributed by atoms with Crippen LogP contribution in [-0.2, 0) is 11.3 Å². The highest BCUT2D eigenvalue weighted by molar-refractivity contribution is 7.99. The summed E-state index contributed by atoms with van der Waals surface area (Å²) < 4.78 is 7.62. The van der Waals surface area contributed by atoms with Gasteiger partial charge < -0.3 is 19.9 Å². The normalized spacial score (nSPS) is 18.0. The van der Waals surface area contributed by atoms with E-state index in [-0.39, 0.29) is 5.91 Å². The summed E-state index contributed by atoms with van der Waals surface area (Å²) in [6, 6.07) is 8.65. The quantitative estimate of drug-likeness (QED) is 0.380. The van der Waals surface area contributed by atoms with Crippen LogP contribution >= 0.6 is 11.8 Å². The molecule has 0 unspecified atom stereocenters. The minimum absolute atomic E-state index is 0.112. The van der Waals surface area contributed by atoms with Crippen LogP contribution in [0.4, 0.5) is 5.69 Å². The van der Waals surface area contributed by atoms with Gasteiger partial charge in [0.05, 0.1) is 19.4 Å². The SMILES string of the molecule is COc1cccc(NCc2nnc(SCC(=O)NC3CCCCCC3)n2C2CCCCC2)c1. The molecule has 8 heteroatoms. The second kappa shape index (κ2) is 12.3. The van der Waals surface area contributed by atoms with Crippen LogP contribution in [-0.4, -0.2) is 39.6 Å². The van der Waals surface area contributed by atoms with Crippen LogP contribution in [0.1, 0.15) is 82.5 Å². The number of methoxy groups -OCH3 is 1. The molecule has 1 amide bonds. The molecule has 180 valence electrons. The number of amides is 1. The number of hydrogen-bond acceptors (Lipinski definition) is 6. The first-order chi connectivity index (χ1) is 16.2. The number of rotatable bonds is 9. The van der Waals surface area contributed by atoms with Crippen LogP contribution in [0, 0.1) is 0 Å². The molecule has 2 aromatic rings. The molecule has 1 heterocycles. The van der Waals surface area contributed by atoms with E-state index in [9.17, 15) is 4.79 Å². The lowest BCUT2D eigenvalue weighted by Gasteiger charge is -2.25. The van der Waals surface area contributed by atoms with Gasteiger partial charge in [-0.05, 0) is 37.8 Å². The molecule has 0 aliphatic heterocycles. The van der Waals surface area contributed by atoms with Gasteiger partial charge in [0, 0.05) is 23.8 Å². The van der Waals surface area contributed by atoms with Gasteiger partial charge in [0.25, 0.3) is 0 Å². The van der Waals surface area contributed by atoms with Crippen molar-refractivity contribution in [2.75, 3.05) is 18.2 Å². The molecule has 7 nitrogen and oxygen atoms in total. The summed E-state index contributed by atoms with van der Waals surface area (Å²) in [4.78, 5) is 12.6. The molecule has 1 aromatic carbocycles. The van der Waals surface area contributed by atoms with Gasteiger partial charge in [-0.1, -0.05) is 62.8 Å². The number of hydrogen-bond donors (Lipinski definition) is 2. The monoisotopic (exact) mass is 471 g/mol. The first-order valence-corrected chi connectivity index (χ1v) is 13.5. The van der Waals surface area contributed by atoms with E-state index in [1.165, 1.54) is 56.7 Å². The average molecular weight is 472 g/mol. The molecular weight excluding hydrogens is 434 g/mol. The van der Waals surface area contributed by atoms with Crippen LogP contribution < -0.4 is 15.4 Å². The number of nitrogens with one attached hydrogen (secondary N) is 2. The molecule has 2 fully saturated rings. The molecule has 0 atom stereocenters. The van der Waals surface area contributed by atoms with Crippen LogP contribution in [0.2, 0.25) is 0 Å². The van der Waals surface area contributed by atoms with Crippen LogP contribution in [0.5, 0.6) is 5.75 Å². The molecule has 33 heavy (non-hydrogen) atoms. The third-order valence-corrected chi connectivity index (χ3v) is 7.69. The highest BCUT2D eigenvalue weighted by Crippen LogP contribution is 2.33. The summed E-state index contributed by atoms with van der Waals surface area (Å²) in [7, 11) is 1.67. The van der Waals surface area contributed by atoms with E-state index in [1.807, 2.05) is 24.3 Å². The van der Waals surface area contributed by atoms with Crippen molar-refractivity contribution in [3.05, 3.63) is 30.1 Å². The number of aromatic nitrogens is 3. The van der Waals surface area contributed by atoms with Crippen molar-refractivity contribution in [1.29, 1.82) is 0 Å². The van der Waals surface area contributed by atoms with E-state index in [2.05, 4.69) is 25.4 Å². The average Bonchev–Trinajstić information content (AvgIpc) is 3.09. The van der Waals surface area contributed by atoms with Gasteiger partial charge >= 0.3 is 0 Å². The molecule has 0 bridgehead atoms. The smallest absolute Gasteiger partial charge is 0.230 e. The first-order valence-electron chi connectivity index (χ1n) is 12.5. The van der Waals surface area contributed by atoms with E-state index in [4.69, 9.17) is 4.74 Å². The third-order valence-electron chi connectivity index (χ3n) is 6.75. The Kier molecular flexibility index (Phi) is 8.92. The lowest BCUT2D eigenvalue weighted by molar-refractivity contribution is -0.119. The van der Waals surface area contributed by atoms with Crippen molar-refractivity contribution in [2.24, 2.45) is 0 Å². The number of ether oxygens (including phenoxy) is 1. The van der Waals surface area contributed by atoms with Gasteiger partial charge in [-0.2, -0.15) is 0 Å². The predicted octanol–water partition coefficient (Wildman–Crippen LogP) is 5.34. The maximum absolute atomic E-state index is 12.6. The molecule has 2 aliphatic carbocycles. The number of carbonyl (C=O) groups excluding carboxylic acids is 1. The van der Waals surface area contributed by atoms with Crippen molar-refractivity contribution in [3.63, 3.8) is 0 Å². The number of carbonyl (C=O) groups is 1. The molecule has 0 spiro atoms. The largest absolute Gasteiger partial charge is 0.497 e. The van der Waals surface area contributed by atoms with Gasteiger partial charge in [0.15, 0.2) is 11.0 Å². The zero-order valence-corrected chi connectivity index (χ0v) is 20.5. The summed E-state index contributed by atoms with van der Waals surface area (Å²) in [6.45, 7) is 0.589. The van der Waals surface area contributed by atoms with E-state index < -0.39 is 0 Å². The molecule has 0 radical (unpaired) electrons. The van der Waals surface area contributed by atoms with Crippen molar-refractivity contribution in [1.82, 2.24) is 20.1 Å². The fraction of sp³-hybridized carbons (Fsp3) is 0.640. The summed E-state index contributed by atoms with van der Waals surface area (Å²) in [5, 5.41) is 16.6. The van der Waals surface area contributed by atoms with Crippen molar-refractivity contribution in [3.8, 4) is 5.75 Å². The predicted molar refractivity (Wildman–Crippen MR) is 133 cm³/mol. The lowest BCUT2D eigenvalue weighted by Crippen LogP contribution is -2.35. The summed E-state index contributed by atoms with van der Waals surface area (Å²) in [5.74, 6) is 2.26. The van der Waals surface area contributed by atoms with Crippen molar-refractivity contribution >= 4 is 23.4 Å². The molecule has 4 rings (SSSR count). The second-order valence-corrected chi connectivity index (χ2v) is 10.1. The van der Waals surface area contributed by atoms with Gasteiger partial charge in [-0.25, -0.2) is 0 Å². The molecule has 2 aliphatic rings. The van der Waals surface area contributed by atoms with Crippen molar-refractivity contribution in [2.45, 2.75) is 94.4 Å². The van der Waals surface area contributed by atoms with Gasteiger partial charge in [-0.3, -0.25) is 4.79 Å². The first kappa shape index (κ1) is 23.9. The standard InChI is InChI=1S/C25H37N5O2S/c1-32-22-15-9-12-20(16-22)26-17-23-28-29-25(30(23)21-13-7-4-8-14-21)33-18-24(31)27-19-10-5-2-3-6-11-19/h9,12,15-16,19,21,26H,2-8,10-11,13-14,17-18H2,1H3,(H,27,31). The van der Waals surface area contributed by atoms with E-state index >= 15 is 0 Å². The Labute approximate surface area is 201 Å². The van der Waals surface area contributed by atoms with Crippen LogP contribution in [0.25, 0.3) is 0 Å². The zero-order valence-electron chi connectivity index (χ0n) is 19.7. The second-order valence-electron chi connectivity index (χ2n) is 9.19. The Morgan fingerprint density at radius 3 is 2.55 bits per heavy atom. The highest BCUT2D eigenvalue weighted by Gasteiger charge is 2.24. The molecule has 0 saturated heterocycles. The Balaban J connectivity index is 1.41. The maximum atomic E-state index is 12.6. The number of nitrogens with zero attached hydrogens (tertiary/aromatic N) is 3. The summed E-state index contributed by atoms with van der Waals surface area (Å²) in [6.07, 6.45) is 13.3. The Hall–Kier alpha value is -2.22. The van der Waals surface area contributed by atoms with Gasteiger partial charge in [-0.15, -0.1) is 10.2 Å². The topological polar surface area (TPSA) is 81.1 Å². The lowest BCUT2D eigenvalue weighted by atomic mass is 9.95. The molecule has 2 saturated carbocycles. The Morgan fingerprint density at radius 1 is 1.06 bits per heavy atom. The summed E-state index contributed by atoms with van der Waals surface area (Å²) >= 11 is 1.52. The molecule has 2 N–H and O–H groups in total. The number of thioether (sulfide) groups is 1. The minimum Gasteiger partial charge on any atom is -0.497 e. The van der Waals surface area contributed by atoms with Crippen molar-refractivity contribution < 1.29 is 9.53 Å². The summed E-state index contributed by atoms with van der Waals surface area (Å²) in [5.41, 5.74) is 0.990. The third kappa shape index (κ3) is 6.88. The van der Waals surface area contributed by atoms with Gasteiger partial charge in [0.1, 0.15) is 5.75 Å². The Bertz CT molecular complexity index is 889. The number of anilines is 1. The highest BCUT2D eigenvalue weighted by atomic mass is 32.2. The molecular formula is C25H37N5O2S. The van der Waals surface area contributed by atoms with Crippen LogP contribution in [0.3, 0.4) is 0 Å².